The van der Waals surface area contributed by atoms with Crippen molar-refractivity contribution in [3.8, 4) is 5.69 Å². The van der Waals surface area contributed by atoms with Crippen molar-refractivity contribution in [1.29, 1.82) is 0 Å². The summed E-state index contributed by atoms with van der Waals surface area (Å²) in [5.74, 6) is 0. The summed E-state index contributed by atoms with van der Waals surface area (Å²) < 4.78 is 39.3. The van der Waals surface area contributed by atoms with Crippen molar-refractivity contribution in [2.24, 2.45) is 5.73 Å². The van der Waals surface area contributed by atoms with Crippen LogP contribution in [-0.2, 0) is 12.6 Å². The van der Waals surface area contributed by atoms with Crippen molar-refractivity contribution in [1.82, 2.24) is 9.78 Å². The second-order valence-corrected chi connectivity index (χ2v) is 4.82. The first-order valence-electron chi connectivity index (χ1n) is 5.53. The molecule has 0 bridgehead atoms. The minimum Gasteiger partial charge on any atom is -0.330 e. The van der Waals surface area contributed by atoms with Crippen LogP contribution in [0.3, 0.4) is 0 Å². The third kappa shape index (κ3) is 3.16. The van der Waals surface area contributed by atoms with Crippen molar-refractivity contribution in [2.75, 3.05) is 6.54 Å². The molecule has 1 aromatic carbocycles. The smallest absolute Gasteiger partial charge is 0.330 e. The van der Waals surface area contributed by atoms with E-state index >= 15 is 0 Å². The molecule has 102 valence electrons. The van der Waals surface area contributed by atoms with Gasteiger partial charge >= 0.3 is 6.18 Å². The lowest BCUT2D eigenvalue weighted by Crippen LogP contribution is -2.07. The first-order valence-corrected chi connectivity index (χ1v) is 6.33. The fraction of sp³-hybridized carbons (Fsp3) is 0.250. The van der Waals surface area contributed by atoms with Gasteiger partial charge in [-0.3, -0.25) is 0 Å². The number of alkyl halides is 3. The second kappa shape index (κ2) is 5.34. The monoisotopic (exact) mass is 333 g/mol. The van der Waals surface area contributed by atoms with Gasteiger partial charge in [-0.25, -0.2) is 4.68 Å². The van der Waals surface area contributed by atoms with Gasteiger partial charge in [0.2, 0.25) is 0 Å². The minimum absolute atomic E-state index is 0.520. The van der Waals surface area contributed by atoms with Crippen LogP contribution in [0.5, 0.6) is 0 Å². The van der Waals surface area contributed by atoms with E-state index in [0.717, 1.165) is 11.6 Å². The number of nitrogens with two attached hydrogens (primary N) is 1. The molecule has 2 N–H and O–H groups in total. The minimum atomic E-state index is -4.43. The highest BCUT2D eigenvalue weighted by Crippen LogP contribution is 2.29. The molecule has 19 heavy (non-hydrogen) atoms. The number of hydrogen-bond donors (Lipinski definition) is 1. The first kappa shape index (κ1) is 14.1. The van der Waals surface area contributed by atoms with Crippen LogP contribution in [0.15, 0.2) is 34.9 Å². The van der Waals surface area contributed by atoms with Gasteiger partial charge in [0.15, 0.2) is 5.69 Å². The van der Waals surface area contributed by atoms with E-state index < -0.39 is 11.9 Å². The molecule has 3 nitrogen and oxygen atoms in total. The molecule has 1 aromatic heterocycles. The number of nitrogens with zero attached hydrogens (tertiary/aromatic N) is 2. The van der Waals surface area contributed by atoms with Crippen LogP contribution in [0.25, 0.3) is 5.69 Å². The van der Waals surface area contributed by atoms with Gasteiger partial charge < -0.3 is 5.73 Å². The lowest BCUT2D eigenvalue weighted by Gasteiger charge is -2.07. The zero-order valence-electron chi connectivity index (χ0n) is 9.78. The fourth-order valence-electron chi connectivity index (χ4n) is 1.67. The Morgan fingerprint density at radius 2 is 2.00 bits per heavy atom. The van der Waals surface area contributed by atoms with Gasteiger partial charge in [0.25, 0.3) is 0 Å². The van der Waals surface area contributed by atoms with Crippen LogP contribution in [-0.4, -0.2) is 16.3 Å². The molecule has 2 aromatic rings. The fourth-order valence-corrected chi connectivity index (χ4v) is 2.28. The molecule has 0 amide bonds. The topological polar surface area (TPSA) is 43.8 Å². The molecule has 0 radical (unpaired) electrons. The maximum absolute atomic E-state index is 12.5. The molecule has 1 heterocycles. The Kier molecular flexibility index (Phi) is 3.96. The molecular weight excluding hydrogens is 323 g/mol. The van der Waals surface area contributed by atoms with Crippen LogP contribution < -0.4 is 5.73 Å². The summed E-state index contributed by atoms with van der Waals surface area (Å²) in [6.45, 7) is 0.520. The SMILES string of the molecule is NCCc1ccc(-n2ccc(C(F)(F)F)n2)c(Br)c1. The Hall–Kier alpha value is -1.34. The van der Waals surface area contributed by atoms with Crippen molar-refractivity contribution < 1.29 is 13.2 Å². The van der Waals surface area contributed by atoms with Gasteiger partial charge in [-0.1, -0.05) is 6.07 Å². The molecule has 0 aliphatic carbocycles. The maximum atomic E-state index is 12.5. The van der Waals surface area contributed by atoms with Crippen molar-refractivity contribution >= 4 is 15.9 Å². The van der Waals surface area contributed by atoms with Crippen molar-refractivity contribution in [2.45, 2.75) is 12.6 Å². The quantitative estimate of drug-likeness (QED) is 0.937. The number of rotatable bonds is 3. The number of aromatic nitrogens is 2. The van der Waals surface area contributed by atoms with E-state index in [2.05, 4.69) is 21.0 Å². The van der Waals surface area contributed by atoms with E-state index in [-0.39, 0.29) is 0 Å². The molecule has 0 saturated heterocycles. The second-order valence-electron chi connectivity index (χ2n) is 3.97. The average Bonchev–Trinajstić information content (AvgIpc) is 2.78. The summed E-state index contributed by atoms with van der Waals surface area (Å²) in [5.41, 5.74) is 6.11. The molecule has 0 unspecified atom stereocenters. The van der Waals surface area contributed by atoms with Crippen molar-refractivity contribution in [3.63, 3.8) is 0 Å². The predicted octanol–water partition coefficient (Wildman–Crippen LogP) is 3.15. The molecule has 0 saturated carbocycles. The predicted molar refractivity (Wildman–Crippen MR) is 69.0 cm³/mol. The maximum Gasteiger partial charge on any atom is 0.435 e. The molecule has 2 rings (SSSR count). The summed E-state index contributed by atoms with van der Waals surface area (Å²) in [5, 5.41) is 3.53. The molecule has 0 spiro atoms. The Morgan fingerprint density at radius 3 is 2.53 bits per heavy atom. The highest BCUT2D eigenvalue weighted by atomic mass is 79.9. The van der Waals surface area contributed by atoms with E-state index in [1.165, 1.54) is 10.9 Å². The molecule has 0 aliphatic rings. The molecule has 0 fully saturated rings. The number of benzene rings is 1. The average molecular weight is 334 g/mol. The zero-order valence-corrected chi connectivity index (χ0v) is 11.4. The Morgan fingerprint density at radius 1 is 1.26 bits per heavy atom. The van der Waals surface area contributed by atoms with Crippen molar-refractivity contribution in [3.05, 3.63) is 46.2 Å². The van der Waals surface area contributed by atoms with Crippen LogP contribution in [0.2, 0.25) is 0 Å². The third-order valence-corrected chi connectivity index (χ3v) is 3.21. The normalized spacial score (nSPS) is 11.8. The lowest BCUT2D eigenvalue weighted by molar-refractivity contribution is -0.141. The van der Waals surface area contributed by atoms with Gasteiger partial charge in [0, 0.05) is 10.7 Å². The van der Waals surface area contributed by atoms with Gasteiger partial charge in [-0.15, -0.1) is 0 Å². The molecule has 0 aliphatic heterocycles. The van der Waals surface area contributed by atoms with Gasteiger partial charge in [-0.2, -0.15) is 18.3 Å². The highest BCUT2D eigenvalue weighted by Gasteiger charge is 2.33. The Labute approximate surface area is 116 Å². The largest absolute Gasteiger partial charge is 0.435 e. The van der Waals surface area contributed by atoms with E-state index in [0.29, 0.717) is 23.1 Å². The summed E-state index contributed by atoms with van der Waals surface area (Å²) in [4.78, 5) is 0. The summed E-state index contributed by atoms with van der Waals surface area (Å²) in [7, 11) is 0. The van der Waals surface area contributed by atoms with Gasteiger partial charge in [-0.05, 0) is 52.7 Å². The van der Waals surface area contributed by atoms with Gasteiger partial charge in [0.1, 0.15) is 0 Å². The van der Waals surface area contributed by atoms with E-state index in [1.807, 2.05) is 12.1 Å². The number of halogens is 4. The summed E-state index contributed by atoms with van der Waals surface area (Å²) in [6.07, 6.45) is -2.44. The van der Waals surface area contributed by atoms with Gasteiger partial charge in [0.05, 0.1) is 5.69 Å². The number of hydrogen-bond acceptors (Lipinski definition) is 2. The van der Waals surface area contributed by atoms with E-state index in [1.54, 1.807) is 6.07 Å². The third-order valence-electron chi connectivity index (χ3n) is 2.57. The van der Waals surface area contributed by atoms with E-state index in [4.69, 9.17) is 5.73 Å². The summed E-state index contributed by atoms with van der Waals surface area (Å²) >= 11 is 3.33. The van der Waals surface area contributed by atoms with Crippen LogP contribution in [0.4, 0.5) is 13.2 Å². The Bertz CT molecular complexity index is 578. The van der Waals surface area contributed by atoms with Crippen LogP contribution in [0.1, 0.15) is 11.3 Å². The molecule has 7 heteroatoms. The van der Waals surface area contributed by atoms with Crippen LogP contribution in [0, 0.1) is 0 Å². The first-order chi connectivity index (χ1) is 8.91. The Balaban J connectivity index is 2.34. The standard InChI is InChI=1S/C12H11BrF3N3/c13-9-7-8(3-5-17)1-2-10(9)19-6-4-11(18-19)12(14,15)16/h1-2,4,6-7H,3,5,17H2. The molecular formula is C12H11BrF3N3. The molecule has 0 atom stereocenters. The lowest BCUT2D eigenvalue weighted by atomic mass is 10.1. The van der Waals surface area contributed by atoms with Crippen LogP contribution >= 0.6 is 15.9 Å². The highest BCUT2D eigenvalue weighted by molar-refractivity contribution is 9.10. The summed E-state index contributed by atoms with van der Waals surface area (Å²) in [6, 6.07) is 6.31. The zero-order chi connectivity index (χ0) is 14.0. The van der Waals surface area contributed by atoms with E-state index in [9.17, 15) is 13.2 Å².